The Kier molecular flexibility index (Phi) is 6.79. The molecule has 32 heavy (non-hydrogen) atoms. The Morgan fingerprint density at radius 3 is 2.94 bits per heavy atom. The summed E-state index contributed by atoms with van der Waals surface area (Å²) in [7, 11) is 0. The van der Waals surface area contributed by atoms with E-state index in [0.717, 1.165) is 33.1 Å². The molecule has 1 aliphatic heterocycles. The first-order valence-electron chi connectivity index (χ1n) is 10.7. The van der Waals surface area contributed by atoms with E-state index >= 15 is 0 Å². The number of rotatable bonds is 6. The zero-order valence-electron chi connectivity index (χ0n) is 18.7. The molecule has 2 aromatic carbocycles. The largest absolute Gasteiger partial charge is 0.366 e. The van der Waals surface area contributed by atoms with Gasteiger partial charge in [0.05, 0.1) is 27.2 Å². The molecule has 0 radical (unpaired) electrons. The van der Waals surface area contributed by atoms with E-state index in [9.17, 15) is 4.79 Å². The van der Waals surface area contributed by atoms with Crippen LogP contribution >= 0.6 is 34.7 Å². The highest BCUT2D eigenvalue weighted by molar-refractivity contribution is 8.01. The van der Waals surface area contributed by atoms with Crippen LogP contribution in [0.2, 0.25) is 5.02 Å². The van der Waals surface area contributed by atoms with Crippen molar-refractivity contribution >= 4 is 62.7 Å². The van der Waals surface area contributed by atoms with E-state index in [-0.39, 0.29) is 17.2 Å². The van der Waals surface area contributed by atoms with E-state index in [1.165, 1.54) is 23.0 Å². The highest BCUT2D eigenvalue weighted by atomic mass is 35.5. The fraction of sp³-hybridized carbons (Fsp3) is 0.375. The number of carbonyl (C=O) groups excluding carboxylic acids is 1. The Morgan fingerprint density at radius 2 is 2.19 bits per heavy atom. The second-order valence-corrected chi connectivity index (χ2v) is 11.3. The lowest BCUT2D eigenvalue weighted by Gasteiger charge is -2.47. The minimum Gasteiger partial charge on any atom is -0.366 e. The molecular formula is C24H27ClN4OS2. The minimum atomic E-state index is -0.174. The van der Waals surface area contributed by atoms with Crippen molar-refractivity contribution in [3.63, 3.8) is 0 Å². The van der Waals surface area contributed by atoms with Gasteiger partial charge in [-0.1, -0.05) is 42.4 Å². The SMILES string of the molecule is CCN1c2cc(Cl)c(/C=N/NC(=O)CSc3nc4ccccc4s3)cc2C(C)CC1(C)C. The third-order valence-electron chi connectivity index (χ3n) is 5.81. The number of nitrogens with one attached hydrogen (secondary N) is 1. The highest BCUT2D eigenvalue weighted by Gasteiger charge is 2.35. The summed E-state index contributed by atoms with van der Waals surface area (Å²) in [5.41, 5.74) is 6.93. The Bertz CT molecular complexity index is 1140. The second-order valence-electron chi connectivity index (χ2n) is 8.62. The predicted octanol–water partition coefficient (Wildman–Crippen LogP) is 6.30. The summed E-state index contributed by atoms with van der Waals surface area (Å²) in [6, 6.07) is 12.1. The smallest absolute Gasteiger partial charge is 0.250 e. The van der Waals surface area contributed by atoms with Crippen molar-refractivity contribution in [1.82, 2.24) is 10.4 Å². The molecule has 1 aromatic heterocycles. The number of hydrogen-bond donors (Lipinski definition) is 1. The Labute approximate surface area is 202 Å². The van der Waals surface area contributed by atoms with Crippen molar-refractivity contribution in [3.05, 3.63) is 52.5 Å². The van der Waals surface area contributed by atoms with Crippen molar-refractivity contribution in [2.75, 3.05) is 17.2 Å². The fourth-order valence-corrected chi connectivity index (χ4v) is 6.53. The average Bonchev–Trinajstić information content (AvgIpc) is 3.16. The van der Waals surface area contributed by atoms with Crippen LogP contribution in [-0.2, 0) is 4.79 Å². The first-order valence-corrected chi connectivity index (χ1v) is 12.9. The Morgan fingerprint density at radius 1 is 1.41 bits per heavy atom. The number of aromatic nitrogens is 1. The van der Waals surface area contributed by atoms with Gasteiger partial charge in [0.2, 0.25) is 0 Å². The minimum absolute atomic E-state index is 0.0923. The normalized spacial score (nSPS) is 17.7. The second kappa shape index (κ2) is 9.41. The van der Waals surface area contributed by atoms with Gasteiger partial charge in [-0.05, 0) is 62.9 Å². The average molecular weight is 487 g/mol. The number of halogens is 1. The van der Waals surface area contributed by atoms with Crippen molar-refractivity contribution in [2.24, 2.45) is 5.10 Å². The van der Waals surface area contributed by atoms with Crippen LogP contribution < -0.4 is 10.3 Å². The molecule has 0 fully saturated rings. The summed E-state index contributed by atoms with van der Waals surface area (Å²) >= 11 is 9.58. The summed E-state index contributed by atoms with van der Waals surface area (Å²) in [5, 5.41) is 4.78. The summed E-state index contributed by atoms with van der Waals surface area (Å²) in [5.74, 6) is 0.506. The van der Waals surface area contributed by atoms with E-state index in [2.05, 4.69) is 54.2 Å². The molecule has 0 spiro atoms. The summed E-state index contributed by atoms with van der Waals surface area (Å²) in [6.45, 7) is 9.91. The summed E-state index contributed by atoms with van der Waals surface area (Å²) < 4.78 is 2.00. The molecule has 168 valence electrons. The number of amides is 1. The first kappa shape index (κ1) is 23.1. The molecule has 2 heterocycles. The zero-order chi connectivity index (χ0) is 22.9. The number of carbonyl (C=O) groups is 1. The molecule has 3 aromatic rings. The van der Waals surface area contributed by atoms with E-state index in [0.29, 0.717) is 10.9 Å². The molecule has 5 nitrogen and oxygen atoms in total. The molecule has 4 rings (SSSR count). The van der Waals surface area contributed by atoms with E-state index in [4.69, 9.17) is 11.6 Å². The van der Waals surface area contributed by atoms with Gasteiger partial charge < -0.3 is 4.90 Å². The van der Waals surface area contributed by atoms with E-state index in [1.54, 1.807) is 17.6 Å². The molecule has 0 aliphatic carbocycles. The Balaban J connectivity index is 1.41. The van der Waals surface area contributed by atoms with Gasteiger partial charge >= 0.3 is 0 Å². The van der Waals surface area contributed by atoms with Crippen molar-refractivity contribution in [2.45, 2.75) is 49.9 Å². The van der Waals surface area contributed by atoms with Crippen LogP contribution in [0, 0.1) is 0 Å². The lowest BCUT2D eigenvalue weighted by Crippen LogP contribution is -2.48. The molecule has 1 amide bonds. The number of nitrogens with zero attached hydrogens (tertiary/aromatic N) is 3. The number of benzene rings is 2. The molecule has 0 saturated heterocycles. The number of para-hydroxylation sites is 1. The monoisotopic (exact) mass is 486 g/mol. The van der Waals surface area contributed by atoms with Gasteiger partial charge in [0, 0.05) is 23.3 Å². The van der Waals surface area contributed by atoms with Gasteiger partial charge in [0.25, 0.3) is 5.91 Å². The zero-order valence-corrected chi connectivity index (χ0v) is 21.1. The molecule has 1 aliphatic rings. The molecule has 1 unspecified atom stereocenters. The maximum absolute atomic E-state index is 12.2. The van der Waals surface area contributed by atoms with Crippen molar-refractivity contribution < 1.29 is 4.79 Å². The summed E-state index contributed by atoms with van der Waals surface area (Å²) in [6.07, 6.45) is 2.71. The molecular weight excluding hydrogens is 460 g/mol. The molecule has 8 heteroatoms. The number of thioether (sulfide) groups is 1. The van der Waals surface area contributed by atoms with Crippen LogP contribution in [0.3, 0.4) is 0 Å². The lowest BCUT2D eigenvalue weighted by atomic mass is 9.79. The van der Waals surface area contributed by atoms with E-state index < -0.39 is 0 Å². The van der Waals surface area contributed by atoms with Gasteiger partial charge in [-0.15, -0.1) is 11.3 Å². The number of hydrogen-bond acceptors (Lipinski definition) is 6. The van der Waals surface area contributed by atoms with Crippen LogP contribution in [0.15, 0.2) is 45.8 Å². The maximum atomic E-state index is 12.2. The van der Waals surface area contributed by atoms with Gasteiger partial charge in [0.1, 0.15) is 0 Å². The topological polar surface area (TPSA) is 57.6 Å². The molecule has 0 saturated carbocycles. The lowest BCUT2D eigenvalue weighted by molar-refractivity contribution is -0.118. The summed E-state index contributed by atoms with van der Waals surface area (Å²) in [4.78, 5) is 19.2. The van der Waals surface area contributed by atoms with Gasteiger partial charge in [-0.2, -0.15) is 5.10 Å². The van der Waals surface area contributed by atoms with Crippen molar-refractivity contribution in [3.8, 4) is 0 Å². The van der Waals surface area contributed by atoms with Crippen LogP contribution in [0.1, 0.15) is 51.2 Å². The highest BCUT2D eigenvalue weighted by Crippen LogP contribution is 2.44. The van der Waals surface area contributed by atoms with Gasteiger partial charge in [-0.3, -0.25) is 4.79 Å². The first-order chi connectivity index (χ1) is 15.3. The Hall–Kier alpha value is -2.09. The number of fused-ring (bicyclic) bond motifs is 2. The van der Waals surface area contributed by atoms with Crippen LogP contribution in [-0.4, -0.2) is 34.9 Å². The van der Waals surface area contributed by atoms with Crippen molar-refractivity contribution in [1.29, 1.82) is 0 Å². The van der Waals surface area contributed by atoms with Crippen LogP contribution in [0.4, 0.5) is 5.69 Å². The van der Waals surface area contributed by atoms with Crippen LogP contribution in [0.5, 0.6) is 0 Å². The predicted molar refractivity (Wildman–Crippen MR) is 138 cm³/mol. The third kappa shape index (κ3) is 4.80. The van der Waals surface area contributed by atoms with Crippen LogP contribution in [0.25, 0.3) is 10.2 Å². The number of hydrazone groups is 1. The molecule has 0 bridgehead atoms. The number of thiazole rings is 1. The number of anilines is 1. The maximum Gasteiger partial charge on any atom is 0.250 e. The standard InChI is InChI=1S/C24H27ClN4OS2/c1-5-29-20-11-18(25)16(10-17(20)15(2)12-24(29,3)4)13-26-28-22(30)14-31-23-27-19-8-6-7-9-21(19)32-23/h6-11,13,15H,5,12,14H2,1-4H3,(H,28,30)/b26-13+. The molecule has 1 N–H and O–H groups in total. The quantitative estimate of drug-likeness (QED) is 0.252. The van der Waals surface area contributed by atoms with Gasteiger partial charge in [-0.25, -0.2) is 10.4 Å². The van der Waals surface area contributed by atoms with Gasteiger partial charge in [0.15, 0.2) is 4.34 Å². The van der Waals surface area contributed by atoms with E-state index in [1.807, 2.05) is 30.3 Å². The fourth-order valence-electron chi connectivity index (χ4n) is 4.46. The third-order valence-corrected chi connectivity index (χ3v) is 8.32. The molecule has 1 atom stereocenters.